The molecular formula is C7H12BrN3. The first-order chi connectivity index (χ1) is 5.27. The average Bonchev–Trinajstić information content (AvgIpc) is 2.33. The highest BCUT2D eigenvalue weighted by Gasteiger charge is 2.17. The Morgan fingerprint density at radius 1 is 1.82 bits per heavy atom. The maximum atomic E-state index is 4.25. The van der Waals surface area contributed by atoms with Crippen LogP contribution in [0.2, 0.25) is 0 Å². The molecule has 1 heterocycles. The van der Waals surface area contributed by atoms with Crippen LogP contribution in [0.25, 0.3) is 0 Å². The van der Waals surface area contributed by atoms with Crippen molar-refractivity contribution in [2.24, 2.45) is 5.10 Å². The van der Waals surface area contributed by atoms with Gasteiger partial charge in [-0.2, -0.15) is 0 Å². The van der Waals surface area contributed by atoms with Crippen molar-refractivity contribution in [3.05, 3.63) is 12.7 Å². The second kappa shape index (κ2) is 3.76. The Morgan fingerprint density at radius 3 is 3.00 bits per heavy atom. The summed E-state index contributed by atoms with van der Waals surface area (Å²) in [7, 11) is 0. The molecule has 0 aliphatic carbocycles. The van der Waals surface area contributed by atoms with Gasteiger partial charge >= 0.3 is 0 Å². The monoisotopic (exact) mass is 217 g/mol. The molecule has 0 radical (unpaired) electrons. The molecule has 0 unspecified atom stereocenters. The van der Waals surface area contributed by atoms with E-state index in [-0.39, 0.29) is 0 Å². The molecule has 0 spiro atoms. The van der Waals surface area contributed by atoms with E-state index < -0.39 is 0 Å². The summed E-state index contributed by atoms with van der Waals surface area (Å²) in [5, 5.41) is 6.25. The normalized spacial score (nSPS) is 17.1. The van der Waals surface area contributed by atoms with Gasteiger partial charge in [0.2, 0.25) is 0 Å². The number of rotatable bonds is 3. The zero-order valence-corrected chi connectivity index (χ0v) is 8.21. The van der Waals surface area contributed by atoms with Crippen LogP contribution in [0.5, 0.6) is 0 Å². The zero-order chi connectivity index (χ0) is 8.27. The molecule has 0 saturated heterocycles. The molecule has 1 aliphatic rings. The Balaban J connectivity index is 2.49. The van der Waals surface area contributed by atoms with Crippen molar-refractivity contribution in [2.45, 2.75) is 6.92 Å². The van der Waals surface area contributed by atoms with Crippen LogP contribution in [0, 0.1) is 0 Å². The van der Waals surface area contributed by atoms with Gasteiger partial charge in [0.25, 0.3) is 0 Å². The Bertz CT molecular complexity index is 179. The average molecular weight is 218 g/mol. The van der Waals surface area contributed by atoms with Gasteiger partial charge in [-0.25, -0.2) is 0 Å². The van der Waals surface area contributed by atoms with Gasteiger partial charge in [-0.15, -0.1) is 11.7 Å². The fourth-order valence-corrected chi connectivity index (χ4v) is 1.41. The lowest BCUT2D eigenvalue weighted by Crippen LogP contribution is -2.28. The third-order valence-corrected chi connectivity index (χ3v) is 2.19. The molecule has 0 amide bonds. The van der Waals surface area contributed by atoms with Crippen molar-refractivity contribution in [3.8, 4) is 0 Å². The largest absolute Gasteiger partial charge is 0.327 e. The van der Waals surface area contributed by atoms with Gasteiger partial charge in [-0.1, -0.05) is 6.08 Å². The third-order valence-electron chi connectivity index (χ3n) is 1.53. The topological polar surface area (TPSA) is 18.8 Å². The number of hydrazone groups is 1. The number of hydrogen-bond donors (Lipinski definition) is 0. The van der Waals surface area contributed by atoms with Crippen LogP contribution < -0.4 is 0 Å². The Labute approximate surface area is 75.5 Å². The maximum absolute atomic E-state index is 4.25. The van der Waals surface area contributed by atoms with E-state index in [0.717, 1.165) is 24.5 Å². The van der Waals surface area contributed by atoms with Crippen molar-refractivity contribution in [1.29, 1.82) is 0 Å². The van der Waals surface area contributed by atoms with Crippen LogP contribution in [0.15, 0.2) is 17.8 Å². The molecule has 0 aromatic rings. The van der Waals surface area contributed by atoms with Crippen molar-refractivity contribution >= 4 is 20.7 Å². The lowest BCUT2D eigenvalue weighted by atomic mass is 10.6. The number of hydrogen-bond acceptors (Lipinski definition) is 3. The molecule has 11 heavy (non-hydrogen) atoms. The summed E-state index contributed by atoms with van der Waals surface area (Å²) in [6, 6.07) is 0. The highest BCUT2D eigenvalue weighted by atomic mass is 79.9. The van der Waals surface area contributed by atoms with E-state index >= 15 is 0 Å². The molecule has 0 fully saturated rings. The van der Waals surface area contributed by atoms with Crippen LogP contribution >= 0.6 is 15.9 Å². The van der Waals surface area contributed by atoms with Crippen molar-refractivity contribution in [1.82, 2.24) is 9.91 Å². The van der Waals surface area contributed by atoms with Gasteiger partial charge in [0.1, 0.15) is 6.67 Å². The second-order valence-corrected chi connectivity index (χ2v) is 3.05. The SMILES string of the molecule is C=CCN1CN(CC)N=C1Br. The molecule has 0 atom stereocenters. The number of nitrogens with zero attached hydrogens (tertiary/aromatic N) is 3. The summed E-state index contributed by atoms with van der Waals surface area (Å²) >= 11 is 3.37. The van der Waals surface area contributed by atoms with E-state index in [9.17, 15) is 0 Å². The summed E-state index contributed by atoms with van der Waals surface area (Å²) in [6.45, 7) is 8.42. The molecule has 0 aromatic heterocycles. The lowest BCUT2D eigenvalue weighted by Gasteiger charge is -2.16. The van der Waals surface area contributed by atoms with E-state index in [1.165, 1.54) is 0 Å². The van der Waals surface area contributed by atoms with Gasteiger partial charge in [-0.05, 0) is 22.9 Å². The predicted molar refractivity (Wildman–Crippen MR) is 50.5 cm³/mol. The molecule has 0 saturated carbocycles. The van der Waals surface area contributed by atoms with Crippen LogP contribution in [0.1, 0.15) is 6.92 Å². The molecule has 0 aromatic carbocycles. The zero-order valence-electron chi connectivity index (χ0n) is 6.63. The molecule has 4 heteroatoms. The smallest absolute Gasteiger partial charge is 0.193 e. The molecule has 1 aliphatic heterocycles. The second-order valence-electron chi connectivity index (χ2n) is 2.34. The molecule has 1 rings (SSSR count). The van der Waals surface area contributed by atoms with E-state index in [1.54, 1.807) is 0 Å². The van der Waals surface area contributed by atoms with Crippen LogP contribution in [-0.2, 0) is 0 Å². The quantitative estimate of drug-likeness (QED) is 0.527. The Kier molecular flexibility index (Phi) is 2.93. The summed E-state index contributed by atoms with van der Waals surface area (Å²) < 4.78 is 0.902. The minimum Gasteiger partial charge on any atom is -0.327 e. The molecule has 0 bridgehead atoms. The standard InChI is InChI=1S/C7H12BrN3/c1-3-5-10-6-11(4-2)9-7(10)8/h3H,1,4-6H2,2H3. The van der Waals surface area contributed by atoms with Crippen LogP contribution in [0.3, 0.4) is 0 Å². The lowest BCUT2D eigenvalue weighted by molar-refractivity contribution is 0.255. The highest BCUT2D eigenvalue weighted by molar-refractivity contribution is 9.18. The summed E-state index contributed by atoms with van der Waals surface area (Å²) in [5.41, 5.74) is 0. The first-order valence-corrected chi connectivity index (χ1v) is 4.42. The number of halogens is 1. The summed E-state index contributed by atoms with van der Waals surface area (Å²) in [4.78, 5) is 2.11. The fourth-order valence-electron chi connectivity index (χ4n) is 0.927. The van der Waals surface area contributed by atoms with E-state index in [2.05, 4.69) is 39.4 Å². The van der Waals surface area contributed by atoms with Crippen LogP contribution in [0.4, 0.5) is 0 Å². The van der Waals surface area contributed by atoms with Crippen molar-refractivity contribution in [2.75, 3.05) is 19.8 Å². The first-order valence-electron chi connectivity index (χ1n) is 3.62. The van der Waals surface area contributed by atoms with Crippen molar-refractivity contribution < 1.29 is 0 Å². The fraction of sp³-hybridized carbons (Fsp3) is 0.571. The van der Waals surface area contributed by atoms with Gasteiger partial charge < -0.3 is 4.90 Å². The summed E-state index contributed by atoms with van der Waals surface area (Å²) in [5.74, 6) is 0. The Morgan fingerprint density at radius 2 is 2.55 bits per heavy atom. The maximum Gasteiger partial charge on any atom is 0.193 e. The first kappa shape index (κ1) is 8.59. The van der Waals surface area contributed by atoms with E-state index in [0.29, 0.717) is 0 Å². The molecule has 0 N–H and O–H groups in total. The number of amidine groups is 1. The minimum absolute atomic E-state index is 0.848. The predicted octanol–water partition coefficient (Wildman–Crippen LogP) is 1.43. The molecular weight excluding hydrogens is 206 g/mol. The van der Waals surface area contributed by atoms with E-state index in [1.807, 2.05) is 11.1 Å². The minimum atomic E-state index is 0.848. The van der Waals surface area contributed by atoms with Gasteiger partial charge in [0.15, 0.2) is 4.74 Å². The Hall–Kier alpha value is -0.510. The van der Waals surface area contributed by atoms with E-state index in [4.69, 9.17) is 0 Å². The molecule has 3 nitrogen and oxygen atoms in total. The van der Waals surface area contributed by atoms with Gasteiger partial charge in [0.05, 0.1) is 0 Å². The summed E-state index contributed by atoms with van der Waals surface area (Å²) in [6.07, 6.45) is 1.87. The van der Waals surface area contributed by atoms with Crippen molar-refractivity contribution in [3.63, 3.8) is 0 Å². The highest BCUT2D eigenvalue weighted by Crippen LogP contribution is 2.10. The van der Waals surface area contributed by atoms with Gasteiger partial charge in [-0.3, -0.25) is 5.01 Å². The third kappa shape index (κ3) is 1.96. The molecule has 62 valence electrons. The van der Waals surface area contributed by atoms with Crippen LogP contribution in [-0.4, -0.2) is 34.4 Å². The van der Waals surface area contributed by atoms with Gasteiger partial charge in [0, 0.05) is 13.1 Å².